The maximum Gasteiger partial charge on any atom is 0.267 e. The summed E-state index contributed by atoms with van der Waals surface area (Å²) in [7, 11) is -3.71. The van der Waals surface area contributed by atoms with Crippen LogP contribution in [-0.2, 0) is 21.2 Å². The average Bonchev–Trinajstić information content (AvgIpc) is 3.04. The highest BCUT2D eigenvalue weighted by atomic mass is 35.5. The third-order valence-corrected chi connectivity index (χ3v) is 5.78. The molecule has 0 saturated carbocycles. The third-order valence-electron chi connectivity index (χ3n) is 3.72. The van der Waals surface area contributed by atoms with Crippen LogP contribution in [0.15, 0.2) is 47.5 Å². The molecule has 0 unspecified atom stereocenters. The maximum absolute atomic E-state index is 12.8. The highest BCUT2D eigenvalue weighted by Crippen LogP contribution is 2.32. The summed E-state index contributed by atoms with van der Waals surface area (Å²) in [5, 5.41) is 8.93. The van der Waals surface area contributed by atoms with Gasteiger partial charge in [-0.2, -0.15) is 0 Å². The van der Waals surface area contributed by atoms with Gasteiger partial charge in [-0.3, -0.25) is 10.0 Å². The molecule has 0 atom stereocenters. The molecular weight excluding hydrogens is 366 g/mol. The number of aromatic nitrogens is 1. The Morgan fingerprint density at radius 1 is 1.32 bits per heavy atom. The van der Waals surface area contributed by atoms with E-state index in [1.807, 2.05) is 0 Å². The predicted molar refractivity (Wildman–Crippen MR) is 92.9 cm³/mol. The number of hydrogen-bond donors (Lipinski definition) is 2. The van der Waals surface area contributed by atoms with E-state index in [-0.39, 0.29) is 11.4 Å². The Balaban J connectivity index is 1.90. The quantitative estimate of drug-likeness (QED) is 0.481. The molecule has 130 valence electrons. The number of carbonyl (C=O) groups excluding carboxylic acids is 1. The number of sulfonamides is 1. The SMILES string of the molecule is O=C(/C=C/c1cnc2c(c1)CCN2S(=O)(=O)c1ccc(Cl)cc1)NO. The van der Waals surface area contributed by atoms with Crippen LogP contribution in [0.4, 0.5) is 5.82 Å². The number of halogens is 1. The molecule has 7 nitrogen and oxygen atoms in total. The lowest BCUT2D eigenvalue weighted by Crippen LogP contribution is -2.29. The Kier molecular flexibility index (Phi) is 4.76. The van der Waals surface area contributed by atoms with Gasteiger partial charge in [0.2, 0.25) is 0 Å². The number of fused-ring (bicyclic) bond motifs is 1. The molecule has 3 rings (SSSR count). The van der Waals surface area contributed by atoms with E-state index < -0.39 is 15.9 Å². The summed E-state index contributed by atoms with van der Waals surface area (Å²) in [6, 6.07) is 7.74. The van der Waals surface area contributed by atoms with E-state index in [9.17, 15) is 13.2 Å². The van der Waals surface area contributed by atoms with Crippen molar-refractivity contribution in [2.45, 2.75) is 11.3 Å². The first-order valence-corrected chi connectivity index (χ1v) is 9.13. The molecule has 0 radical (unpaired) electrons. The number of carbonyl (C=O) groups is 1. The number of benzene rings is 1. The molecule has 1 aromatic heterocycles. The average molecular weight is 380 g/mol. The zero-order valence-corrected chi connectivity index (χ0v) is 14.5. The van der Waals surface area contributed by atoms with Crippen LogP contribution in [0.1, 0.15) is 11.1 Å². The second kappa shape index (κ2) is 6.83. The van der Waals surface area contributed by atoms with Crippen molar-refractivity contribution in [1.82, 2.24) is 10.5 Å². The number of hydrogen-bond acceptors (Lipinski definition) is 5. The summed E-state index contributed by atoms with van der Waals surface area (Å²) in [6.07, 6.45) is 4.62. The molecule has 0 saturated heterocycles. The van der Waals surface area contributed by atoms with Crippen molar-refractivity contribution < 1.29 is 18.4 Å². The number of hydroxylamine groups is 1. The Morgan fingerprint density at radius 3 is 2.72 bits per heavy atom. The van der Waals surface area contributed by atoms with Gasteiger partial charge in [-0.15, -0.1) is 0 Å². The minimum Gasteiger partial charge on any atom is -0.288 e. The van der Waals surface area contributed by atoms with Crippen LogP contribution in [0.3, 0.4) is 0 Å². The van der Waals surface area contributed by atoms with Crippen LogP contribution in [0.5, 0.6) is 0 Å². The van der Waals surface area contributed by atoms with E-state index in [0.29, 0.717) is 22.8 Å². The Hall–Kier alpha value is -2.42. The molecule has 2 N–H and O–H groups in total. The Bertz CT molecular complexity index is 942. The van der Waals surface area contributed by atoms with Crippen molar-refractivity contribution >= 4 is 39.4 Å². The molecule has 0 fully saturated rings. The molecule has 9 heteroatoms. The number of nitrogens with one attached hydrogen (secondary N) is 1. The first kappa shape index (κ1) is 17.4. The summed E-state index contributed by atoms with van der Waals surface area (Å²) < 4.78 is 26.9. The van der Waals surface area contributed by atoms with E-state index >= 15 is 0 Å². The molecule has 1 aliphatic rings. The van der Waals surface area contributed by atoms with Crippen LogP contribution in [0.2, 0.25) is 5.02 Å². The van der Waals surface area contributed by atoms with Gasteiger partial charge in [0.1, 0.15) is 5.82 Å². The van der Waals surface area contributed by atoms with Crippen LogP contribution >= 0.6 is 11.6 Å². The minimum absolute atomic E-state index is 0.148. The fraction of sp³-hybridized carbons (Fsp3) is 0.125. The fourth-order valence-corrected chi connectivity index (χ4v) is 4.11. The monoisotopic (exact) mass is 379 g/mol. The number of nitrogens with zero attached hydrogens (tertiary/aromatic N) is 2. The largest absolute Gasteiger partial charge is 0.288 e. The van der Waals surface area contributed by atoms with Crippen molar-refractivity contribution in [2.75, 3.05) is 10.8 Å². The van der Waals surface area contributed by atoms with E-state index in [2.05, 4.69) is 4.98 Å². The zero-order valence-electron chi connectivity index (χ0n) is 12.9. The number of pyridine rings is 1. The normalized spacial score (nSPS) is 13.9. The first-order valence-electron chi connectivity index (χ1n) is 7.31. The standard InChI is InChI=1S/C16H14ClN3O4S/c17-13-2-4-14(5-3-13)25(23,24)20-8-7-12-9-11(10-18-16(12)20)1-6-15(21)19-22/h1-6,9-10,22H,7-8H2,(H,19,21)/b6-1+. The lowest BCUT2D eigenvalue weighted by molar-refractivity contribution is -0.124. The molecule has 0 bridgehead atoms. The second-order valence-electron chi connectivity index (χ2n) is 5.34. The highest BCUT2D eigenvalue weighted by molar-refractivity contribution is 7.92. The molecule has 2 heterocycles. The van der Waals surface area contributed by atoms with Crippen molar-refractivity contribution in [3.05, 3.63) is 58.8 Å². The van der Waals surface area contributed by atoms with Crippen molar-refractivity contribution in [3.8, 4) is 0 Å². The van der Waals surface area contributed by atoms with Crippen molar-refractivity contribution in [2.24, 2.45) is 0 Å². The van der Waals surface area contributed by atoms with Gasteiger partial charge in [-0.05, 0) is 54.0 Å². The Labute approximate surface area is 149 Å². The molecule has 1 amide bonds. The van der Waals surface area contributed by atoms with E-state index in [4.69, 9.17) is 16.8 Å². The lowest BCUT2D eigenvalue weighted by atomic mass is 10.1. The fourth-order valence-electron chi connectivity index (χ4n) is 2.53. The molecule has 0 spiro atoms. The molecule has 2 aromatic rings. The summed E-state index contributed by atoms with van der Waals surface area (Å²) in [5.74, 6) is -0.286. The molecule has 1 aliphatic heterocycles. The summed E-state index contributed by atoms with van der Waals surface area (Å²) >= 11 is 5.81. The van der Waals surface area contributed by atoms with Gasteiger partial charge in [-0.1, -0.05) is 11.6 Å². The van der Waals surface area contributed by atoms with Gasteiger partial charge >= 0.3 is 0 Å². The van der Waals surface area contributed by atoms with Gasteiger partial charge in [0.05, 0.1) is 4.90 Å². The van der Waals surface area contributed by atoms with Gasteiger partial charge in [0, 0.05) is 23.8 Å². The van der Waals surface area contributed by atoms with Crippen LogP contribution in [-0.4, -0.2) is 31.1 Å². The summed E-state index contributed by atoms with van der Waals surface area (Å²) in [4.78, 5) is 15.4. The van der Waals surface area contributed by atoms with Gasteiger partial charge in [-0.25, -0.2) is 23.2 Å². The molecular formula is C16H14ClN3O4S. The predicted octanol–water partition coefficient (Wildman–Crippen LogP) is 2.00. The van der Waals surface area contributed by atoms with Crippen molar-refractivity contribution in [1.29, 1.82) is 0 Å². The molecule has 25 heavy (non-hydrogen) atoms. The summed E-state index contributed by atoms with van der Waals surface area (Å²) in [5.41, 5.74) is 2.89. The van der Waals surface area contributed by atoms with E-state index in [0.717, 1.165) is 11.6 Å². The minimum atomic E-state index is -3.71. The first-order chi connectivity index (χ1) is 11.9. The number of amides is 1. The van der Waals surface area contributed by atoms with Crippen LogP contribution in [0.25, 0.3) is 6.08 Å². The van der Waals surface area contributed by atoms with Crippen LogP contribution < -0.4 is 9.79 Å². The summed E-state index contributed by atoms with van der Waals surface area (Å²) in [6.45, 7) is 0.289. The van der Waals surface area contributed by atoms with Gasteiger partial charge in [0.25, 0.3) is 15.9 Å². The number of rotatable bonds is 4. The van der Waals surface area contributed by atoms with Gasteiger partial charge in [0.15, 0.2) is 0 Å². The lowest BCUT2D eigenvalue weighted by Gasteiger charge is -2.18. The molecule has 1 aromatic carbocycles. The van der Waals surface area contributed by atoms with Gasteiger partial charge < -0.3 is 0 Å². The third kappa shape index (κ3) is 3.51. The van der Waals surface area contributed by atoms with Crippen LogP contribution in [0, 0.1) is 0 Å². The maximum atomic E-state index is 12.8. The number of anilines is 1. The second-order valence-corrected chi connectivity index (χ2v) is 7.64. The highest BCUT2D eigenvalue weighted by Gasteiger charge is 2.32. The smallest absolute Gasteiger partial charge is 0.267 e. The Morgan fingerprint density at radius 2 is 2.04 bits per heavy atom. The van der Waals surface area contributed by atoms with Crippen molar-refractivity contribution in [3.63, 3.8) is 0 Å². The van der Waals surface area contributed by atoms with E-state index in [1.54, 1.807) is 6.07 Å². The topological polar surface area (TPSA) is 99.6 Å². The van der Waals surface area contributed by atoms with E-state index in [1.165, 1.54) is 46.3 Å². The molecule has 0 aliphatic carbocycles. The zero-order chi connectivity index (χ0) is 18.0.